The van der Waals surface area contributed by atoms with Crippen molar-refractivity contribution < 1.29 is 9.53 Å². The number of nitrogens with zero attached hydrogens (tertiary/aromatic N) is 2. The van der Waals surface area contributed by atoms with Gasteiger partial charge in [0.15, 0.2) is 5.16 Å². The second kappa shape index (κ2) is 8.58. The van der Waals surface area contributed by atoms with E-state index in [1.807, 2.05) is 61.5 Å². The first-order valence-corrected chi connectivity index (χ1v) is 9.41. The Morgan fingerprint density at radius 2 is 2.04 bits per heavy atom. The molecule has 0 spiro atoms. The lowest BCUT2D eigenvalue weighted by Crippen LogP contribution is -2.14. The minimum atomic E-state index is -0.0728. The molecule has 0 radical (unpaired) electrons. The van der Waals surface area contributed by atoms with Crippen molar-refractivity contribution in [1.82, 2.24) is 9.55 Å². The molecular weight excluding hydrogens is 346 g/mol. The van der Waals surface area contributed by atoms with E-state index in [2.05, 4.69) is 21.4 Å². The Balaban J connectivity index is 1.64. The molecule has 0 fully saturated rings. The number of allylic oxidation sites excluding steroid dienone is 1. The van der Waals surface area contributed by atoms with Crippen LogP contribution >= 0.6 is 11.8 Å². The molecule has 26 heavy (non-hydrogen) atoms. The predicted octanol–water partition coefficient (Wildman–Crippen LogP) is 4.35. The standard InChI is InChI=1S/C20H21N3O2S/c1-3-13-23-18-8-6-5-7-17(18)22-20(23)26-14-19(24)21-15-9-11-16(12-10-15)25-4-2/h3,5-12H,1,4,13-14H2,2H3,(H,21,24). The summed E-state index contributed by atoms with van der Waals surface area (Å²) < 4.78 is 7.47. The van der Waals surface area contributed by atoms with Crippen molar-refractivity contribution in [1.29, 1.82) is 0 Å². The van der Waals surface area contributed by atoms with E-state index >= 15 is 0 Å². The van der Waals surface area contributed by atoms with Gasteiger partial charge >= 0.3 is 0 Å². The smallest absolute Gasteiger partial charge is 0.234 e. The summed E-state index contributed by atoms with van der Waals surface area (Å²) in [5.41, 5.74) is 2.71. The zero-order valence-electron chi connectivity index (χ0n) is 14.6. The van der Waals surface area contributed by atoms with Crippen LogP contribution in [0.4, 0.5) is 5.69 Å². The van der Waals surface area contributed by atoms with E-state index in [0.29, 0.717) is 13.2 Å². The zero-order chi connectivity index (χ0) is 18.4. The average molecular weight is 367 g/mol. The largest absolute Gasteiger partial charge is 0.494 e. The van der Waals surface area contributed by atoms with Crippen molar-refractivity contribution in [3.05, 3.63) is 61.2 Å². The first-order chi connectivity index (χ1) is 12.7. The monoisotopic (exact) mass is 367 g/mol. The van der Waals surface area contributed by atoms with E-state index in [-0.39, 0.29) is 11.7 Å². The van der Waals surface area contributed by atoms with Crippen LogP contribution < -0.4 is 10.1 Å². The molecule has 1 aromatic heterocycles. The van der Waals surface area contributed by atoms with Gasteiger partial charge in [-0.25, -0.2) is 4.98 Å². The van der Waals surface area contributed by atoms with Gasteiger partial charge < -0.3 is 14.6 Å². The summed E-state index contributed by atoms with van der Waals surface area (Å²) in [4.78, 5) is 16.9. The minimum absolute atomic E-state index is 0.0728. The van der Waals surface area contributed by atoms with Gasteiger partial charge in [0.25, 0.3) is 0 Å². The lowest BCUT2D eigenvalue weighted by molar-refractivity contribution is -0.113. The Morgan fingerprint density at radius 3 is 2.77 bits per heavy atom. The number of thioether (sulfide) groups is 1. The van der Waals surface area contributed by atoms with Crippen LogP contribution in [-0.4, -0.2) is 27.8 Å². The maximum absolute atomic E-state index is 12.3. The number of imidazole rings is 1. The summed E-state index contributed by atoms with van der Waals surface area (Å²) in [6, 6.07) is 15.3. The van der Waals surface area contributed by atoms with E-state index in [0.717, 1.165) is 27.6 Å². The molecule has 6 heteroatoms. The number of hydrogen-bond acceptors (Lipinski definition) is 4. The molecule has 0 aliphatic rings. The molecule has 1 amide bonds. The van der Waals surface area contributed by atoms with Gasteiger partial charge in [-0.15, -0.1) is 6.58 Å². The van der Waals surface area contributed by atoms with E-state index in [9.17, 15) is 4.79 Å². The molecule has 2 aromatic carbocycles. The zero-order valence-corrected chi connectivity index (χ0v) is 15.5. The molecule has 0 saturated heterocycles. The number of carbonyl (C=O) groups is 1. The van der Waals surface area contributed by atoms with Crippen molar-refractivity contribution in [2.45, 2.75) is 18.6 Å². The second-order valence-electron chi connectivity index (χ2n) is 5.58. The molecule has 1 heterocycles. The summed E-state index contributed by atoms with van der Waals surface area (Å²) in [5, 5.41) is 3.71. The quantitative estimate of drug-likeness (QED) is 0.475. The fourth-order valence-electron chi connectivity index (χ4n) is 2.60. The number of benzene rings is 2. The first kappa shape index (κ1) is 18.1. The third kappa shape index (κ3) is 4.26. The molecule has 0 aliphatic heterocycles. The van der Waals surface area contributed by atoms with E-state index in [1.54, 1.807) is 0 Å². The van der Waals surface area contributed by atoms with Crippen LogP contribution in [0.5, 0.6) is 5.75 Å². The molecule has 1 N–H and O–H groups in total. The summed E-state index contributed by atoms with van der Waals surface area (Å²) in [7, 11) is 0. The number of fused-ring (bicyclic) bond motifs is 1. The fourth-order valence-corrected chi connectivity index (χ4v) is 3.42. The van der Waals surface area contributed by atoms with Crippen molar-refractivity contribution in [3.8, 4) is 5.75 Å². The molecule has 0 unspecified atom stereocenters. The van der Waals surface area contributed by atoms with Crippen LogP contribution in [0.1, 0.15) is 6.92 Å². The minimum Gasteiger partial charge on any atom is -0.494 e. The maximum Gasteiger partial charge on any atom is 0.234 e. The van der Waals surface area contributed by atoms with Crippen LogP contribution in [0.2, 0.25) is 0 Å². The molecule has 0 bridgehead atoms. The van der Waals surface area contributed by atoms with Gasteiger partial charge in [-0.05, 0) is 43.3 Å². The molecule has 0 atom stereocenters. The number of ether oxygens (including phenoxy) is 1. The number of rotatable bonds is 8. The molecule has 0 saturated carbocycles. The van der Waals surface area contributed by atoms with Crippen LogP contribution in [0.25, 0.3) is 11.0 Å². The molecule has 3 rings (SSSR count). The van der Waals surface area contributed by atoms with Crippen LogP contribution in [0.15, 0.2) is 66.3 Å². The van der Waals surface area contributed by atoms with Gasteiger partial charge in [-0.1, -0.05) is 30.0 Å². The van der Waals surface area contributed by atoms with Gasteiger partial charge in [0, 0.05) is 12.2 Å². The van der Waals surface area contributed by atoms with E-state index in [4.69, 9.17) is 4.74 Å². The van der Waals surface area contributed by atoms with Gasteiger partial charge in [-0.3, -0.25) is 4.79 Å². The highest BCUT2D eigenvalue weighted by Crippen LogP contribution is 2.24. The summed E-state index contributed by atoms with van der Waals surface area (Å²) in [6.45, 7) is 7.02. The third-order valence-electron chi connectivity index (χ3n) is 3.71. The summed E-state index contributed by atoms with van der Waals surface area (Å²) in [6.07, 6.45) is 1.83. The first-order valence-electron chi connectivity index (χ1n) is 8.43. The normalized spacial score (nSPS) is 10.7. The second-order valence-corrected chi connectivity index (χ2v) is 6.52. The Bertz CT molecular complexity index is 903. The van der Waals surface area contributed by atoms with Gasteiger partial charge in [0.1, 0.15) is 5.75 Å². The van der Waals surface area contributed by atoms with Crippen LogP contribution in [0, 0.1) is 0 Å². The van der Waals surface area contributed by atoms with Gasteiger partial charge in [0.2, 0.25) is 5.91 Å². The Morgan fingerprint density at radius 1 is 1.27 bits per heavy atom. The molecule has 5 nitrogen and oxygen atoms in total. The molecule has 134 valence electrons. The lowest BCUT2D eigenvalue weighted by Gasteiger charge is -2.08. The van der Waals surface area contributed by atoms with Gasteiger partial charge in [-0.2, -0.15) is 0 Å². The number of carbonyl (C=O) groups excluding carboxylic acids is 1. The fraction of sp³-hybridized carbons (Fsp3) is 0.200. The topological polar surface area (TPSA) is 56.2 Å². The average Bonchev–Trinajstić information content (AvgIpc) is 3.00. The number of para-hydroxylation sites is 2. The predicted molar refractivity (Wildman–Crippen MR) is 107 cm³/mol. The molecular formula is C20H21N3O2S. The van der Waals surface area contributed by atoms with Crippen molar-refractivity contribution in [2.24, 2.45) is 0 Å². The van der Waals surface area contributed by atoms with E-state index in [1.165, 1.54) is 11.8 Å². The highest BCUT2D eigenvalue weighted by Gasteiger charge is 2.12. The highest BCUT2D eigenvalue weighted by atomic mass is 32.2. The SMILES string of the molecule is C=CCn1c(SCC(=O)Nc2ccc(OCC)cc2)nc2ccccc21. The molecule has 3 aromatic rings. The van der Waals surface area contributed by atoms with E-state index < -0.39 is 0 Å². The van der Waals surface area contributed by atoms with Crippen LogP contribution in [-0.2, 0) is 11.3 Å². The van der Waals surface area contributed by atoms with Crippen molar-refractivity contribution in [2.75, 3.05) is 17.7 Å². The van der Waals surface area contributed by atoms with Crippen LogP contribution in [0.3, 0.4) is 0 Å². The van der Waals surface area contributed by atoms with Crippen molar-refractivity contribution >= 4 is 34.4 Å². The summed E-state index contributed by atoms with van der Waals surface area (Å²) >= 11 is 1.42. The molecule has 0 aliphatic carbocycles. The Labute approximate surface area is 157 Å². The van der Waals surface area contributed by atoms with Crippen molar-refractivity contribution in [3.63, 3.8) is 0 Å². The number of nitrogens with one attached hydrogen (secondary N) is 1. The number of anilines is 1. The summed E-state index contributed by atoms with van der Waals surface area (Å²) in [5.74, 6) is 1.00. The Kier molecular flexibility index (Phi) is 5.96. The maximum atomic E-state index is 12.3. The lowest BCUT2D eigenvalue weighted by atomic mass is 10.3. The number of aromatic nitrogens is 2. The Hall–Kier alpha value is -2.73. The third-order valence-corrected chi connectivity index (χ3v) is 4.69. The number of amides is 1. The van der Waals surface area contributed by atoms with Gasteiger partial charge in [0.05, 0.1) is 23.4 Å². The number of hydrogen-bond donors (Lipinski definition) is 1. The highest BCUT2D eigenvalue weighted by molar-refractivity contribution is 7.99.